The van der Waals surface area contributed by atoms with E-state index >= 15 is 0 Å². The van der Waals surface area contributed by atoms with E-state index < -0.39 is 0 Å². The van der Waals surface area contributed by atoms with Crippen LogP contribution < -0.4 is 14.8 Å². The van der Waals surface area contributed by atoms with Crippen molar-refractivity contribution in [2.24, 2.45) is 5.92 Å². The lowest BCUT2D eigenvalue weighted by Gasteiger charge is -2.18. The largest absolute Gasteiger partial charge is 0.497 e. The number of hydrogen-bond acceptors (Lipinski definition) is 4. The van der Waals surface area contributed by atoms with Crippen molar-refractivity contribution >= 4 is 5.91 Å². The zero-order valence-corrected chi connectivity index (χ0v) is 13.5. The van der Waals surface area contributed by atoms with E-state index in [1.54, 1.807) is 12.0 Å². The van der Waals surface area contributed by atoms with Crippen molar-refractivity contribution in [2.45, 2.75) is 19.3 Å². The predicted octanol–water partition coefficient (Wildman–Crippen LogP) is 1.92. The molecule has 2 rings (SSSR count). The maximum absolute atomic E-state index is 12.1. The SMILES string of the molecule is COc1ccc(OCCN(C)C(=O)CCC2CCNC2)cc1. The molecule has 0 aliphatic carbocycles. The van der Waals surface area contributed by atoms with Crippen LogP contribution in [0.2, 0.25) is 0 Å². The zero-order chi connectivity index (χ0) is 15.8. The van der Waals surface area contributed by atoms with E-state index in [4.69, 9.17) is 9.47 Å². The van der Waals surface area contributed by atoms with Gasteiger partial charge in [-0.15, -0.1) is 0 Å². The van der Waals surface area contributed by atoms with E-state index in [1.807, 2.05) is 31.3 Å². The first-order chi connectivity index (χ1) is 10.7. The van der Waals surface area contributed by atoms with Crippen molar-refractivity contribution in [3.63, 3.8) is 0 Å². The number of carbonyl (C=O) groups is 1. The standard InChI is InChI=1S/C17H26N2O3/c1-19(17(20)8-3-14-9-10-18-13-14)11-12-22-16-6-4-15(21-2)5-7-16/h4-7,14,18H,3,8-13H2,1-2H3. The van der Waals surface area contributed by atoms with E-state index in [0.717, 1.165) is 31.0 Å². The van der Waals surface area contributed by atoms with Gasteiger partial charge in [0.15, 0.2) is 0 Å². The number of amides is 1. The minimum atomic E-state index is 0.199. The number of ether oxygens (including phenoxy) is 2. The molecule has 0 spiro atoms. The van der Waals surface area contributed by atoms with Gasteiger partial charge in [0.25, 0.3) is 0 Å². The molecule has 0 saturated carbocycles. The monoisotopic (exact) mass is 306 g/mol. The van der Waals surface area contributed by atoms with Gasteiger partial charge in [0.2, 0.25) is 5.91 Å². The van der Waals surface area contributed by atoms with Crippen LogP contribution >= 0.6 is 0 Å². The molecule has 0 radical (unpaired) electrons. The quantitative estimate of drug-likeness (QED) is 0.797. The van der Waals surface area contributed by atoms with Crippen LogP contribution in [0.3, 0.4) is 0 Å². The molecule has 1 aromatic carbocycles. The van der Waals surface area contributed by atoms with Crippen LogP contribution in [-0.4, -0.2) is 51.2 Å². The normalized spacial score (nSPS) is 17.3. The fourth-order valence-corrected chi connectivity index (χ4v) is 2.58. The van der Waals surface area contributed by atoms with Gasteiger partial charge in [-0.1, -0.05) is 0 Å². The number of nitrogens with one attached hydrogen (secondary N) is 1. The van der Waals surface area contributed by atoms with Crippen molar-refractivity contribution < 1.29 is 14.3 Å². The summed E-state index contributed by atoms with van der Waals surface area (Å²) in [6, 6.07) is 7.46. The van der Waals surface area contributed by atoms with Crippen molar-refractivity contribution in [3.05, 3.63) is 24.3 Å². The van der Waals surface area contributed by atoms with Gasteiger partial charge in [-0.3, -0.25) is 4.79 Å². The molecule has 1 amide bonds. The second-order valence-electron chi connectivity index (χ2n) is 5.74. The van der Waals surface area contributed by atoms with Crippen molar-refractivity contribution in [2.75, 3.05) is 40.4 Å². The molecule has 5 nitrogen and oxygen atoms in total. The van der Waals surface area contributed by atoms with Crippen LogP contribution in [0.15, 0.2) is 24.3 Å². The number of methoxy groups -OCH3 is 1. The van der Waals surface area contributed by atoms with Crippen molar-refractivity contribution in [3.8, 4) is 11.5 Å². The Morgan fingerprint density at radius 2 is 2.05 bits per heavy atom. The van der Waals surface area contributed by atoms with Gasteiger partial charge < -0.3 is 19.7 Å². The minimum absolute atomic E-state index is 0.199. The second-order valence-corrected chi connectivity index (χ2v) is 5.74. The zero-order valence-electron chi connectivity index (χ0n) is 13.5. The summed E-state index contributed by atoms with van der Waals surface area (Å²) < 4.78 is 10.7. The molecule has 22 heavy (non-hydrogen) atoms. The van der Waals surface area contributed by atoms with Gasteiger partial charge in [0, 0.05) is 13.5 Å². The smallest absolute Gasteiger partial charge is 0.222 e. The van der Waals surface area contributed by atoms with E-state index in [2.05, 4.69) is 5.32 Å². The highest BCUT2D eigenvalue weighted by Gasteiger charge is 2.17. The molecule has 1 aliphatic rings. The Kier molecular flexibility index (Phi) is 6.52. The van der Waals surface area contributed by atoms with Crippen LogP contribution in [0.25, 0.3) is 0 Å². The van der Waals surface area contributed by atoms with Crippen LogP contribution in [0.4, 0.5) is 0 Å². The topological polar surface area (TPSA) is 50.8 Å². The fourth-order valence-electron chi connectivity index (χ4n) is 2.58. The highest BCUT2D eigenvalue weighted by Crippen LogP contribution is 2.17. The molecule has 0 bridgehead atoms. The summed E-state index contributed by atoms with van der Waals surface area (Å²) in [5, 5.41) is 3.33. The van der Waals surface area contributed by atoms with Crippen LogP contribution in [0, 0.1) is 5.92 Å². The minimum Gasteiger partial charge on any atom is -0.497 e. The van der Waals surface area contributed by atoms with Crippen molar-refractivity contribution in [1.29, 1.82) is 0 Å². The first kappa shape index (κ1) is 16.6. The average Bonchev–Trinajstić information content (AvgIpc) is 3.06. The lowest BCUT2D eigenvalue weighted by molar-refractivity contribution is -0.130. The molecular formula is C17H26N2O3. The van der Waals surface area contributed by atoms with E-state index in [-0.39, 0.29) is 5.91 Å². The predicted molar refractivity (Wildman–Crippen MR) is 86.3 cm³/mol. The first-order valence-electron chi connectivity index (χ1n) is 7.90. The lowest BCUT2D eigenvalue weighted by Crippen LogP contribution is -2.31. The number of nitrogens with zero attached hydrogens (tertiary/aromatic N) is 1. The van der Waals surface area contributed by atoms with Gasteiger partial charge in [0.1, 0.15) is 18.1 Å². The molecule has 1 aromatic rings. The van der Waals surface area contributed by atoms with Gasteiger partial charge >= 0.3 is 0 Å². The molecule has 1 aliphatic heterocycles. The number of rotatable bonds is 8. The van der Waals surface area contributed by atoms with E-state index in [9.17, 15) is 4.79 Å². The molecule has 0 aromatic heterocycles. The van der Waals surface area contributed by atoms with Gasteiger partial charge in [-0.2, -0.15) is 0 Å². The maximum atomic E-state index is 12.1. The van der Waals surface area contributed by atoms with Crippen LogP contribution in [0.1, 0.15) is 19.3 Å². The number of benzene rings is 1. The third-order valence-corrected chi connectivity index (χ3v) is 4.11. The van der Waals surface area contributed by atoms with Crippen molar-refractivity contribution in [1.82, 2.24) is 10.2 Å². The third-order valence-electron chi connectivity index (χ3n) is 4.11. The summed E-state index contributed by atoms with van der Waals surface area (Å²) in [6.07, 6.45) is 2.80. The first-order valence-corrected chi connectivity index (χ1v) is 7.90. The van der Waals surface area contributed by atoms with Gasteiger partial charge in [-0.05, 0) is 56.1 Å². The summed E-state index contributed by atoms with van der Waals surface area (Å²) in [5.41, 5.74) is 0. The van der Waals surface area contributed by atoms with Gasteiger partial charge in [0.05, 0.1) is 13.7 Å². The molecule has 122 valence electrons. The summed E-state index contributed by atoms with van der Waals surface area (Å²) in [5.74, 6) is 2.46. The Hall–Kier alpha value is -1.75. The van der Waals surface area contributed by atoms with Crippen LogP contribution in [0.5, 0.6) is 11.5 Å². The number of likely N-dealkylation sites (N-methyl/N-ethyl adjacent to an activating group) is 1. The molecule has 1 atom stereocenters. The second kappa shape index (κ2) is 8.63. The van der Waals surface area contributed by atoms with Crippen LogP contribution in [-0.2, 0) is 4.79 Å². The Labute approximate surface area is 132 Å². The molecule has 1 heterocycles. The molecule has 5 heteroatoms. The summed E-state index contributed by atoms with van der Waals surface area (Å²) >= 11 is 0. The Morgan fingerprint density at radius 3 is 2.68 bits per heavy atom. The highest BCUT2D eigenvalue weighted by atomic mass is 16.5. The van der Waals surface area contributed by atoms with Gasteiger partial charge in [-0.25, -0.2) is 0 Å². The number of hydrogen-bond donors (Lipinski definition) is 1. The Bertz CT molecular complexity index is 455. The number of carbonyl (C=O) groups excluding carboxylic acids is 1. The molecular weight excluding hydrogens is 280 g/mol. The fraction of sp³-hybridized carbons (Fsp3) is 0.588. The Morgan fingerprint density at radius 1 is 1.32 bits per heavy atom. The highest BCUT2D eigenvalue weighted by molar-refractivity contribution is 5.75. The third kappa shape index (κ3) is 5.22. The molecule has 1 saturated heterocycles. The summed E-state index contributed by atoms with van der Waals surface area (Å²) in [6.45, 7) is 3.25. The van der Waals surface area contributed by atoms with E-state index in [0.29, 0.717) is 25.5 Å². The maximum Gasteiger partial charge on any atom is 0.222 e. The molecule has 1 fully saturated rings. The van der Waals surface area contributed by atoms with E-state index in [1.165, 1.54) is 6.42 Å². The average molecular weight is 306 g/mol. The Balaban J connectivity index is 1.63. The molecule has 1 N–H and O–H groups in total. The summed E-state index contributed by atoms with van der Waals surface area (Å²) in [4.78, 5) is 13.8. The summed E-state index contributed by atoms with van der Waals surface area (Å²) in [7, 11) is 3.48. The molecule has 1 unspecified atom stereocenters. The lowest BCUT2D eigenvalue weighted by atomic mass is 10.0.